The van der Waals surface area contributed by atoms with E-state index in [2.05, 4.69) is 25.8 Å². The predicted molar refractivity (Wildman–Crippen MR) is 70.4 cm³/mol. The molecule has 0 fully saturated rings. The molecule has 0 saturated heterocycles. The highest BCUT2D eigenvalue weighted by Gasteiger charge is 1.75. The molecule has 0 unspecified atom stereocenters. The molecule has 3 N–H and O–H groups in total. The van der Waals surface area contributed by atoms with Crippen molar-refractivity contribution in [3.8, 4) is 0 Å². The second kappa shape index (κ2) is 19.3. The predicted octanol–water partition coefficient (Wildman–Crippen LogP) is 3.13. The summed E-state index contributed by atoms with van der Waals surface area (Å²) in [5.41, 5.74) is 9.05. The second-order valence-electron chi connectivity index (χ2n) is 3.21. The number of hydrogen-bond donors (Lipinski definition) is 2. The summed E-state index contributed by atoms with van der Waals surface area (Å²) in [5, 5.41) is 7.60. The van der Waals surface area contributed by atoms with Crippen LogP contribution in [0.3, 0.4) is 0 Å². The van der Waals surface area contributed by atoms with Crippen molar-refractivity contribution in [2.75, 3.05) is 6.54 Å². The standard InChI is InChI=1S/C5H13N.C5H8.C3H4O2/c1-2-3-4-5-6;1-4-5(2)3;1-2-3(4)5/h2-6H2,1H3;1H2,2-3H3;2H,1H2,(H,4,5). The number of carboxylic acids is 1. The van der Waals surface area contributed by atoms with Crippen molar-refractivity contribution in [3.63, 3.8) is 0 Å². The van der Waals surface area contributed by atoms with E-state index in [4.69, 9.17) is 10.8 Å². The first-order chi connectivity index (χ1) is 7.45. The van der Waals surface area contributed by atoms with E-state index in [-0.39, 0.29) is 0 Å². The van der Waals surface area contributed by atoms with Gasteiger partial charge < -0.3 is 10.8 Å². The first-order valence-corrected chi connectivity index (χ1v) is 5.34. The summed E-state index contributed by atoms with van der Waals surface area (Å²) < 4.78 is 0. The number of unbranched alkanes of at least 4 members (excludes halogenated alkanes) is 2. The molecule has 0 radical (unpaired) electrons. The van der Waals surface area contributed by atoms with Gasteiger partial charge in [0.05, 0.1) is 0 Å². The lowest BCUT2D eigenvalue weighted by Crippen LogP contribution is -1.96. The monoisotopic (exact) mass is 227 g/mol. The molecule has 0 heterocycles. The molecule has 0 amide bonds. The van der Waals surface area contributed by atoms with Crippen molar-refractivity contribution < 1.29 is 9.90 Å². The molecule has 3 heteroatoms. The maximum absolute atomic E-state index is 9.25. The van der Waals surface area contributed by atoms with Gasteiger partial charge in [0.15, 0.2) is 0 Å². The smallest absolute Gasteiger partial charge is 0.327 e. The van der Waals surface area contributed by atoms with Crippen LogP contribution in [0.25, 0.3) is 0 Å². The van der Waals surface area contributed by atoms with Gasteiger partial charge in [-0.1, -0.05) is 32.9 Å². The SMILES string of the molecule is C=C=C(C)C.C=CC(=O)O.CCCCCN. The average Bonchev–Trinajstić information content (AvgIpc) is 2.27. The summed E-state index contributed by atoms with van der Waals surface area (Å²) in [5.74, 6) is -0.981. The number of rotatable bonds is 4. The van der Waals surface area contributed by atoms with Crippen molar-refractivity contribution in [2.24, 2.45) is 5.73 Å². The fourth-order valence-corrected chi connectivity index (χ4v) is 0.394. The van der Waals surface area contributed by atoms with Crippen LogP contribution in [0, 0.1) is 0 Å². The quantitative estimate of drug-likeness (QED) is 0.440. The minimum Gasteiger partial charge on any atom is -0.478 e. The summed E-state index contributed by atoms with van der Waals surface area (Å²) in [7, 11) is 0. The van der Waals surface area contributed by atoms with Gasteiger partial charge in [0.1, 0.15) is 0 Å². The highest BCUT2D eigenvalue weighted by atomic mass is 16.4. The fraction of sp³-hybridized carbons (Fsp3) is 0.538. The largest absolute Gasteiger partial charge is 0.478 e. The number of nitrogens with two attached hydrogens (primary N) is 1. The fourth-order valence-electron chi connectivity index (χ4n) is 0.394. The Morgan fingerprint density at radius 3 is 1.88 bits per heavy atom. The lowest BCUT2D eigenvalue weighted by atomic mass is 10.3. The van der Waals surface area contributed by atoms with E-state index in [1.54, 1.807) is 0 Å². The Labute approximate surface area is 99.4 Å². The summed E-state index contributed by atoms with van der Waals surface area (Å²) in [4.78, 5) is 9.25. The molecule has 0 spiro atoms. The van der Waals surface area contributed by atoms with Gasteiger partial charge in [-0.2, -0.15) is 0 Å². The van der Waals surface area contributed by atoms with Crippen molar-refractivity contribution in [2.45, 2.75) is 40.0 Å². The van der Waals surface area contributed by atoms with E-state index in [9.17, 15) is 4.79 Å². The summed E-state index contributed by atoms with van der Waals surface area (Å²) in [6, 6.07) is 0. The first kappa shape index (κ1) is 20.1. The molecule has 0 aliphatic heterocycles. The van der Waals surface area contributed by atoms with E-state index in [1.165, 1.54) is 19.3 Å². The Balaban J connectivity index is -0.000000160. The molecule has 3 nitrogen and oxygen atoms in total. The van der Waals surface area contributed by atoms with Gasteiger partial charge in [0.2, 0.25) is 0 Å². The number of hydrogen-bond acceptors (Lipinski definition) is 2. The van der Waals surface area contributed by atoms with Crippen LogP contribution >= 0.6 is 0 Å². The summed E-state index contributed by atoms with van der Waals surface area (Å²) in [6.07, 6.45) is 4.59. The van der Waals surface area contributed by atoms with Gasteiger partial charge >= 0.3 is 5.97 Å². The molecule has 16 heavy (non-hydrogen) atoms. The van der Waals surface area contributed by atoms with Crippen molar-refractivity contribution in [3.05, 3.63) is 30.5 Å². The topological polar surface area (TPSA) is 63.3 Å². The highest BCUT2D eigenvalue weighted by Crippen LogP contribution is 1.88. The molecule has 0 rings (SSSR count). The van der Waals surface area contributed by atoms with Gasteiger partial charge in [-0.05, 0) is 32.4 Å². The normalized spacial score (nSPS) is 7.25. The molecule has 0 aromatic rings. The lowest BCUT2D eigenvalue weighted by molar-refractivity contribution is -0.131. The molecule has 0 saturated carbocycles. The summed E-state index contributed by atoms with van der Waals surface area (Å²) >= 11 is 0. The van der Waals surface area contributed by atoms with Crippen LogP contribution < -0.4 is 5.73 Å². The molecular formula is C13H25NO2. The van der Waals surface area contributed by atoms with Crippen LogP contribution in [0.2, 0.25) is 0 Å². The van der Waals surface area contributed by atoms with Gasteiger partial charge in [0, 0.05) is 6.08 Å². The Hall–Kier alpha value is -1.31. The average molecular weight is 227 g/mol. The second-order valence-corrected chi connectivity index (χ2v) is 3.21. The minimum atomic E-state index is -0.981. The van der Waals surface area contributed by atoms with E-state index < -0.39 is 5.97 Å². The first-order valence-electron chi connectivity index (χ1n) is 5.34. The van der Waals surface area contributed by atoms with E-state index in [0.29, 0.717) is 0 Å². The molecular weight excluding hydrogens is 202 g/mol. The third-order valence-electron chi connectivity index (χ3n) is 1.34. The molecule has 0 aliphatic carbocycles. The lowest BCUT2D eigenvalue weighted by Gasteiger charge is -1.86. The maximum atomic E-state index is 9.25. The van der Waals surface area contributed by atoms with Gasteiger partial charge in [0.25, 0.3) is 0 Å². The van der Waals surface area contributed by atoms with E-state index >= 15 is 0 Å². The van der Waals surface area contributed by atoms with E-state index in [0.717, 1.165) is 18.2 Å². The van der Waals surface area contributed by atoms with Gasteiger partial charge in [-0.15, -0.1) is 5.73 Å². The minimum absolute atomic E-state index is 0.833. The Morgan fingerprint density at radius 2 is 1.81 bits per heavy atom. The number of carbonyl (C=O) groups is 1. The van der Waals surface area contributed by atoms with Crippen LogP contribution in [0.1, 0.15) is 40.0 Å². The third-order valence-corrected chi connectivity index (χ3v) is 1.34. The zero-order chi connectivity index (χ0) is 13.4. The molecule has 0 aromatic heterocycles. The van der Waals surface area contributed by atoms with Crippen molar-refractivity contribution in [1.82, 2.24) is 0 Å². The zero-order valence-corrected chi connectivity index (χ0v) is 10.8. The Kier molecular flexibility index (Phi) is 24.3. The van der Waals surface area contributed by atoms with Gasteiger partial charge in [-0.25, -0.2) is 4.79 Å². The van der Waals surface area contributed by atoms with Crippen LogP contribution in [-0.4, -0.2) is 17.6 Å². The molecule has 0 atom stereocenters. The zero-order valence-electron chi connectivity index (χ0n) is 10.8. The van der Waals surface area contributed by atoms with Crippen LogP contribution in [0.4, 0.5) is 0 Å². The van der Waals surface area contributed by atoms with E-state index in [1.807, 2.05) is 13.8 Å². The number of aliphatic carboxylic acids is 1. The molecule has 94 valence electrons. The van der Waals surface area contributed by atoms with Crippen LogP contribution in [0.15, 0.2) is 30.5 Å². The van der Waals surface area contributed by atoms with Crippen molar-refractivity contribution >= 4 is 5.97 Å². The number of allylic oxidation sites excluding steroid dienone is 1. The van der Waals surface area contributed by atoms with Crippen LogP contribution in [0.5, 0.6) is 0 Å². The molecule has 0 bridgehead atoms. The van der Waals surface area contributed by atoms with Gasteiger partial charge in [-0.3, -0.25) is 0 Å². The molecule has 0 aromatic carbocycles. The van der Waals surface area contributed by atoms with Crippen molar-refractivity contribution in [1.29, 1.82) is 0 Å². The third kappa shape index (κ3) is 53.6. The molecule has 0 aliphatic rings. The highest BCUT2D eigenvalue weighted by molar-refractivity contribution is 5.78. The maximum Gasteiger partial charge on any atom is 0.327 e. The summed E-state index contributed by atoms with van der Waals surface area (Å²) in [6.45, 7) is 13.3. The Bertz CT molecular complexity index is 208. The number of carboxylic acid groups (broad SMARTS) is 1. The Morgan fingerprint density at radius 1 is 1.44 bits per heavy atom. The van der Waals surface area contributed by atoms with Crippen LogP contribution in [-0.2, 0) is 4.79 Å².